The number of aryl methyl sites for hydroxylation is 2. The third kappa shape index (κ3) is 2.96. The minimum Gasteiger partial charge on any atom is -0.371 e. The lowest BCUT2D eigenvalue weighted by atomic mass is 10.2. The van der Waals surface area contributed by atoms with E-state index < -0.39 is 10.0 Å². The van der Waals surface area contributed by atoms with Crippen LogP contribution in [0.2, 0.25) is 0 Å². The molecule has 0 bridgehead atoms. The summed E-state index contributed by atoms with van der Waals surface area (Å²) < 4.78 is 34.9. The van der Waals surface area contributed by atoms with Gasteiger partial charge in [0.05, 0.1) is 18.9 Å². The summed E-state index contributed by atoms with van der Waals surface area (Å²) >= 11 is 1.31. The normalized spacial score (nSPS) is 20.4. The number of hydrogen-bond acceptors (Lipinski definition) is 5. The van der Waals surface area contributed by atoms with Gasteiger partial charge in [-0.05, 0) is 26.0 Å². The molecule has 3 rings (SSSR count). The van der Waals surface area contributed by atoms with Gasteiger partial charge >= 0.3 is 0 Å². The fraction of sp³-hybridized carbons (Fsp3) is 0.500. The second-order valence-corrected chi connectivity index (χ2v) is 8.67. The molecule has 1 atom stereocenters. The van der Waals surface area contributed by atoms with E-state index in [4.69, 9.17) is 4.74 Å². The van der Waals surface area contributed by atoms with Crippen molar-refractivity contribution < 1.29 is 13.2 Å². The Morgan fingerprint density at radius 1 is 1.45 bits per heavy atom. The zero-order valence-corrected chi connectivity index (χ0v) is 14.2. The van der Waals surface area contributed by atoms with Crippen molar-refractivity contribution in [3.8, 4) is 0 Å². The number of thiophene rings is 1. The Bertz CT molecular complexity index is 751. The van der Waals surface area contributed by atoms with Crippen LogP contribution in [0.15, 0.2) is 28.7 Å². The smallest absolute Gasteiger partial charge is 0.252 e. The Balaban J connectivity index is 1.80. The number of nitrogens with zero attached hydrogens (tertiary/aromatic N) is 3. The fourth-order valence-electron chi connectivity index (χ4n) is 2.44. The highest BCUT2D eigenvalue weighted by Crippen LogP contribution is 2.29. The quantitative estimate of drug-likeness (QED) is 0.854. The van der Waals surface area contributed by atoms with Crippen LogP contribution in [0.25, 0.3) is 0 Å². The van der Waals surface area contributed by atoms with Gasteiger partial charge in [0.25, 0.3) is 10.0 Å². The molecule has 3 heterocycles. The van der Waals surface area contributed by atoms with E-state index in [1.165, 1.54) is 15.6 Å². The maximum atomic E-state index is 12.7. The van der Waals surface area contributed by atoms with E-state index in [-0.39, 0.29) is 6.10 Å². The topological polar surface area (TPSA) is 64.4 Å². The molecule has 0 N–H and O–H groups in total. The van der Waals surface area contributed by atoms with Gasteiger partial charge in [0.2, 0.25) is 0 Å². The van der Waals surface area contributed by atoms with E-state index >= 15 is 0 Å². The monoisotopic (exact) mass is 341 g/mol. The molecule has 0 saturated carbocycles. The lowest BCUT2D eigenvalue weighted by Gasteiger charge is -2.31. The van der Waals surface area contributed by atoms with E-state index in [1.54, 1.807) is 12.3 Å². The zero-order valence-electron chi connectivity index (χ0n) is 12.6. The minimum atomic E-state index is -3.44. The third-order valence-corrected chi connectivity index (χ3v) is 7.02. The molecular weight excluding hydrogens is 322 g/mol. The van der Waals surface area contributed by atoms with Gasteiger partial charge in [0, 0.05) is 36.3 Å². The molecule has 0 spiro atoms. The van der Waals surface area contributed by atoms with Gasteiger partial charge < -0.3 is 4.74 Å². The fourth-order valence-corrected chi connectivity index (χ4v) is 5.30. The van der Waals surface area contributed by atoms with E-state index in [0.717, 1.165) is 17.0 Å². The van der Waals surface area contributed by atoms with Crippen LogP contribution in [0, 0.1) is 6.92 Å². The molecule has 2 aromatic heterocycles. The van der Waals surface area contributed by atoms with Crippen molar-refractivity contribution in [2.75, 3.05) is 19.7 Å². The van der Waals surface area contributed by atoms with Crippen molar-refractivity contribution in [1.29, 1.82) is 0 Å². The van der Waals surface area contributed by atoms with Crippen LogP contribution in [-0.4, -0.2) is 42.2 Å². The Hall–Kier alpha value is -1.22. The minimum absolute atomic E-state index is 0.259. The van der Waals surface area contributed by atoms with Crippen LogP contribution < -0.4 is 0 Å². The van der Waals surface area contributed by atoms with Crippen LogP contribution in [0.4, 0.5) is 0 Å². The third-order valence-electron chi connectivity index (χ3n) is 3.69. The van der Waals surface area contributed by atoms with Crippen molar-refractivity contribution in [2.45, 2.75) is 30.7 Å². The predicted molar refractivity (Wildman–Crippen MR) is 84.4 cm³/mol. The molecule has 1 saturated heterocycles. The summed E-state index contributed by atoms with van der Waals surface area (Å²) in [5, 5.41) is 4.23. The van der Waals surface area contributed by atoms with Crippen molar-refractivity contribution >= 4 is 21.4 Å². The molecule has 0 aromatic carbocycles. The van der Waals surface area contributed by atoms with E-state index in [9.17, 15) is 8.42 Å². The summed E-state index contributed by atoms with van der Waals surface area (Å²) in [7, 11) is -3.44. The summed E-state index contributed by atoms with van der Waals surface area (Å²) in [6.45, 7) is 5.81. The predicted octanol–water partition coefficient (Wildman–Crippen LogP) is 2.04. The standard InChI is InChI=1S/C14H19N3O3S2/c1-3-16-9-12(8-15-16)13-10-17(6-7-20-13)22(18,19)14-5-4-11(2)21-14/h4-5,8-9,13H,3,6-7,10H2,1-2H3/t13-/m0/s1. The number of aromatic nitrogens is 2. The van der Waals surface area contributed by atoms with Crippen molar-refractivity contribution in [3.05, 3.63) is 35.0 Å². The summed E-state index contributed by atoms with van der Waals surface area (Å²) in [5.41, 5.74) is 0.920. The van der Waals surface area contributed by atoms with Crippen molar-refractivity contribution in [3.63, 3.8) is 0 Å². The number of rotatable bonds is 4. The van der Waals surface area contributed by atoms with E-state index in [0.29, 0.717) is 23.9 Å². The maximum Gasteiger partial charge on any atom is 0.252 e. The molecule has 1 aliphatic heterocycles. The van der Waals surface area contributed by atoms with Crippen LogP contribution in [-0.2, 0) is 21.3 Å². The van der Waals surface area contributed by atoms with Gasteiger partial charge in [-0.25, -0.2) is 8.42 Å². The molecule has 0 amide bonds. The number of hydrogen-bond donors (Lipinski definition) is 0. The lowest BCUT2D eigenvalue weighted by Crippen LogP contribution is -2.41. The number of morpholine rings is 1. The highest BCUT2D eigenvalue weighted by molar-refractivity contribution is 7.91. The molecule has 6 nitrogen and oxygen atoms in total. The Labute approximate surface area is 134 Å². The molecule has 2 aromatic rings. The largest absolute Gasteiger partial charge is 0.371 e. The highest BCUT2D eigenvalue weighted by atomic mass is 32.2. The molecule has 8 heteroatoms. The molecule has 22 heavy (non-hydrogen) atoms. The average Bonchev–Trinajstić information content (AvgIpc) is 3.16. The van der Waals surface area contributed by atoms with Crippen LogP contribution in [0.5, 0.6) is 0 Å². The lowest BCUT2D eigenvalue weighted by molar-refractivity contribution is -0.00254. The molecule has 1 fully saturated rings. The van der Waals surface area contributed by atoms with Gasteiger partial charge in [0.1, 0.15) is 4.21 Å². The SMILES string of the molecule is CCn1cc([C@@H]2CN(S(=O)(=O)c3ccc(C)s3)CCO2)cn1. The Morgan fingerprint density at radius 3 is 2.91 bits per heavy atom. The first-order chi connectivity index (χ1) is 10.5. The van der Waals surface area contributed by atoms with Gasteiger partial charge in [-0.15, -0.1) is 11.3 Å². The molecular formula is C14H19N3O3S2. The second-order valence-electron chi connectivity index (χ2n) is 5.22. The average molecular weight is 341 g/mol. The molecule has 0 aliphatic carbocycles. The van der Waals surface area contributed by atoms with E-state index in [2.05, 4.69) is 5.10 Å². The second kappa shape index (κ2) is 6.11. The number of ether oxygens (including phenoxy) is 1. The van der Waals surface area contributed by atoms with Gasteiger partial charge in [-0.1, -0.05) is 0 Å². The summed E-state index contributed by atoms with van der Waals surface area (Å²) in [6.07, 6.45) is 3.40. The first-order valence-corrected chi connectivity index (χ1v) is 9.47. The molecule has 120 valence electrons. The first-order valence-electron chi connectivity index (χ1n) is 7.21. The van der Waals surface area contributed by atoms with Crippen molar-refractivity contribution in [2.24, 2.45) is 0 Å². The number of sulfonamides is 1. The van der Waals surface area contributed by atoms with Crippen molar-refractivity contribution in [1.82, 2.24) is 14.1 Å². The first kappa shape index (κ1) is 15.7. The maximum absolute atomic E-state index is 12.7. The van der Waals surface area contributed by atoms with E-state index in [1.807, 2.05) is 30.8 Å². The van der Waals surface area contributed by atoms with Crippen LogP contribution >= 0.6 is 11.3 Å². The van der Waals surface area contributed by atoms with Gasteiger partial charge in [0.15, 0.2) is 0 Å². The molecule has 1 aliphatic rings. The zero-order chi connectivity index (χ0) is 15.7. The highest BCUT2D eigenvalue weighted by Gasteiger charge is 2.32. The summed E-state index contributed by atoms with van der Waals surface area (Å²) in [4.78, 5) is 0.993. The van der Waals surface area contributed by atoms with Crippen LogP contribution in [0.3, 0.4) is 0 Å². The molecule has 0 radical (unpaired) electrons. The Kier molecular flexibility index (Phi) is 4.35. The molecule has 0 unspecified atom stereocenters. The van der Waals surface area contributed by atoms with Gasteiger partial charge in [-0.3, -0.25) is 4.68 Å². The summed E-state index contributed by atoms with van der Waals surface area (Å²) in [5.74, 6) is 0. The van der Waals surface area contributed by atoms with Gasteiger partial charge in [-0.2, -0.15) is 9.40 Å². The summed E-state index contributed by atoms with van der Waals surface area (Å²) in [6, 6.07) is 3.51. The Morgan fingerprint density at radius 2 is 2.27 bits per heavy atom. The van der Waals surface area contributed by atoms with Crippen LogP contribution in [0.1, 0.15) is 23.5 Å².